The second-order valence-electron chi connectivity index (χ2n) is 4.59. The topological polar surface area (TPSA) is 67.7 Å². The second kappa shape index (κ2) is 4.73. The van der Waals surface area contributed by atoms with Gasteiger partial charge in [0.2, 0.25) is 0 Å². The van der Waals surface area contributed by atoms with Gasteiger partial charge in [-0.2, -0.15) is 0 Å². The van der Waals surface area contributed by atoms with Crippen LogP contribution in [-0.2, 0) is 0 Å². The van der Waals surface area contributed by atoms with Crippen LogP contribution < -0.4 is 10.6 Å². The Labute approximate surface area is 105 Å². The molecule has 1 saturated heterocycles. The molecule has 0 spiro atoms. The number of anilines is 1. The molecule has 2 aromatic rings. The van der Waals surface area contributed by atoms with Gasteiger partial charge in [0.1, 0.15) is 6.33 Å². The summed E-state index contributed by atoms with van der Waals surface area (Å²) in [5.41, 5.74) is 3.36. The number of aryl methyl sites for hydroxylation is 1. The Hall–Kier alpha value is -1.95. The van der Waals surface area contributed by atoms with Gasteiger partial charge in [0.25, 0.3) is 0 Å². The quantitative estimate of drug-likeness (QED) is 0.833. The lowest BCUT2D eigenvalue weighted by Gasteiger charge is -2.16. The highest BCUT2D eigenvalue weighted by Crippen LogP contribution is 2.20. The van der Waals surface area contributed by atoms with Crippen LogP contribution in [0.5, 0.6) is 0 Å². The molecule has 1 atom stereocenters. The van der Waals surface area contributed by atoms with E-state index in [1.807, 2.05) is 6.07 Å². The molecular formula is C12H16N6. The average Bonchev–Trinajstić information content (AvgIpc) is 3.04. The van der Waals surface area contributed by atoms with Gasteiger partial charge in [0.05, 0.1) is 5.69 Å². The molecule has 1 aliphatic heterocycles. The first-order chi connectivity index (χ1) is 8.83. The molecule has 2 heterocycles. The molecule has 3 rings (SSSR count). The van der Waals surface area contributed by atoms with Gasteiger partial charge in [-0.05, 0) is 48.0 Å². The maximum absolute atomic E-state index is 3.90. The number of nitrogens with one attached hydrogen (secondary N) is 2. The van der Waals surface area contributed by atoms with Gasteiger partial charge >= 0.3 is 0 Å². The standard InChI is InChI=1S/C12H16N6/c1-9-2-3-11(18-8-14-16-17-18)6-12(9)15-10-4-5-13-7-10/h2-3,6,8,10,13,15H,4-5,7H2,1H3. The van der Waals surface area contributed by atoms with Crippen molar-refractivity contribution < 1.29 is 0 Å². The highest BCUT2D eigenvalue weighted by atomic mass is 15.5. The summed E-state index contributed by atoms with van der Waals surface area (Å²) in [6.07, 6.45) is 2.76. The molecular weight excluding hydrogens is 228 g/mol. The molecule has 0 aliphatic carbocycles. The molecule has 1 aromatic carbocycles. The molecule has 0 saturated carbocycles. The predicted octanol–water partition coefficient (Wildman–Crippen LogP) is 0.745. The second-order valence-corrected chi connectivity index (χ2v) is 4.59. The van der Waals surface area contributed by atoms with Crippen LogP contribution in [0.15, 0.2) is 24.5 Å². The number of hydrogen-bond acceptors (Lipinski definition) is 5. The number of benzene rings is 1. The van der Waals surface area contributed by atoms with Crippen molar-refractivity contribution in [3.8, 4) is 5.69 Å². The van der Waals surface area contributed by atoms with E-state index in [2.05, 4.69) is 45.2 Å². The highest BCUT2D eigenvalue weighted by molar-refractivity contribution is 5.57. The Balaban J connectivity index is 1.86. The lowest BCUT2D eigenvalue weighted by atomic mass is 10.1. The van der Waals surface area contributed by atoms with E-state index in [4.69, 9.17) is 0 Å². The van der Waals surface area contributed by atoms with Crippen molar-refractivity contribution in [2.24, 2.45) is 0 Å². The first-order valence-electron chi connectivity index (χ1n) is 6.14. The molecule has 1 aromatic heterocycles. The van der Waals surface area contributed by atoms with Gasteiger partial charge in [0.15, 0.2) is 0 Å². The molecule has 1 unspecified atom stereocenters. The minimum atomic E-state index is 0.507. The van der Waals surface area contributed by atoms with Crippen molar-refractivity contribution in [3.63, 3.8) is 0 Å². The molecule has 18 heavy (non-hydrogen) atoms. The Bertz CT molecular complexity index is 515. The van der Waals surface area contributed by atoms with Crippen LogP contribution in [-0.4, -0.2) is 39.3 Å². The number of nitrogens with zero attached hydrogens (tertiary/aromatic N) is 4. The van der Waals surface area contributed by atoms with Crippen LogP contribution in [0.2, 0.25) is 0 Å². The third-order valence-electron chi connectivity index (χ3n) is 3.25. The lowest BCUT2D eigenvalue weighted by molar-refractivity contribution is 0.782. The summed E-state index contributed by atoms with van der Waals surface area (Å²) in [6.45, 7) is 4.21. The number of rotatable bonds is 3. The van der Waals surface area contributed by atoms with E-state index >= 15 is 0 Å². The van der Waals surface area contributed by atoms with Crippen LogP contribution in [0.25, 0.3) is 5.69 Å². The zero-order valence-corrected chi connectivity index (χ0v) is 10.3. The molecule has 2 N–H and O–H groups in total. The van der Waals surface area contributed by atoms with Crippen molar-refractivity contribution in [1.29, 1.82) is 0 Å². The Morgan fingerprint density at radius 1 is 1.44 bits per heavy atom. The zero-order chi connectivity index (χ0) is 12.4. The fraction of sp³-hybridized carbons (Fsp3) is 0.417. The van der Waals surface area contributed by atoms with E-state index in [0.29, 0.717) is 6.04 Å². The molecule has 1 aliphatic rings. The normalized spacial score (nSPS) is 19.1. The molecule has 94 valence electrons. The van der Waals surface area contributed by atoms with Gasteiger partial charge in [-0.3, -0.25) is 0 Å². The first-order valence-corrected chi connectivity index (χ1v) is 6.14. The van der Waals surface area contributed by atoms with Gasteiger partial charge in [0, 0.05) is 18.3 Å². The van der Waals surface area contributed by atoms with E-state index in [-0.39, 0.29) is 0 Å². The molecule has 0 radical (unpaired) electrons. The molecule has 0 bridgehead atoms. The minimum Gasteiger partial charge on any atom is -0.381 e. The summed E-state index contributed by atoms with van der Waals surface area (Å²) in [4.78, 5) is 0. The summed E-state index contributed by atoms with van der Waals surface area (Å²) >= 11 is 0. The van der Waals surface area contributed by atoms with E-state index in [1.54, 1.807) is 11.0 Å². The minimum absolute atomic E-state index is 0.507. The van der Waals surface area contributed by atoms with Crippen molar-refractivity contribution >= 4 is 5.69 Å². The van der Waals surface area contributed by atoms with Gasteiger partial charge in [-0.1, -0.05) is 6.07 Å². The number of hydrogen-bond donors (Lipinski definition) is 2. The number of aromatic nitrogens is 4. The Morgan fingerprint density at radius 2 is 2.39 bits per heavy atom. The van der Waals surface area contributed by atoms with Crippen molar-refractivity contribution in [3.05, 3.63) is 30.1 Å². The van der Waals surface area contributed by atoms with Gasteiger partial charge in [-0.25, -0.2) is 4.68 Å². The average molecular weight is 244 g/mol. The van der Waals surface area contributed by atoms with Crippen LogP contribution in [0, 0.1) is 6.92 Å². The monoisotopic (exact) mass is 244 g/mol. The third kappa shape index (κ3) is 2.19. The highest BCUT2D eigenvalue weighted by Gasteiger charge is 2.15. The fourth-order valence-electron chi connectivity index (χ4n) is 2.19. The third-order valence-corrected chi connectivity index (χ3v) is 3.25. The number of tetrazole rings is 1. The SMILES string of the molecule is Cc1ccc(-n2cnnn2)cc1NC1CCNC1. The van der Waals surface area contributed by atoms with Crippen molar-refractivity contribution in [1.82, 2.24) is 25.5 Å². The summed E-state index contributed by atoms with van der Waals surface area (Å²) in [5, 5.41) is 18.1. The van der Waals surface area contributed by atoms with E-state index in [0.717, 1.165) is 30.9 Å². The summed E-state index contributed by atoms with van der Waals surface area (Å²) in [7, 11) is 0. The maximum atomic E-state index is 3.90. The van der Waals surface area contributed by atoms with E-state index < -0.39 is 0 Å². The Morgan fingerprint density at radius 3 is 3.11 bits per heavy atom. The van der Waals surface area contributed by atoms with Crippen LogP contribution >= 0.6 is 0 Å². The predicted molar refractivity (Wildman–Crippen MR) is 68.8 cm³/mol. The molecule has 0 amide bonds. The molecule has 6 heteroatoms. The van der Waals surface area contributed by atoms with Crippen LogP contribution in [0.1, 0.15) is 12.0 Å². The lowest BCUT2D eigenvalue weighted by Crippen LogP contribution is -2.22. The van der Waals surface area contributed by atoms with Crippen molar-refractivity contribution in [2.75, 3.05) is 18.4 Å². The van der Waals surface area contributed by atoms with E-state index in [1.165, 1.54) is 5.56 Å². The van der Waals surface area contributed by atoms with E-state index in [9.17, 15) is 0 Å². The van der Waals surface area contributed by atoms with Gasteiger partial charge in [-0.15, -0.1) is 5.10 Å². The summed E-state index contributed by atoms with van der Waals surface area (Å²) in [6, 6.07) is 6.70. The maximum Gasteiger partial charge on any atom is 0.143 e. The summed E-state index contributed by atoms with van der Waals surface area (Å²) in [5.74, 6) is 0. The van der Waals surface area contributed by atoms with Gasteiger partial charge < -0.3 is 10.6 Å². The fourth-order valence-corrected chi connectivity index (χ4v) is 2.19. The van der Waals surface area contributed by atoms with Crippen LogP contribution in [0.3, 0.4) is 0 Å². The molecule has 6 nitrogen and oxygen atoms in total. The smallest absolute Gasteiger partial charge is 0.143 e. The van der Waals surface area contributed by atoms with Crippen LogP contribution in [0.4, 0.5) is 5.69 Å². The largest absolute Gasteiger partial charge is 0.381 e. The summed E-state index contributed by atoms with van der Waals surface area (Å²) < 4.78 is 1.66. The zero-order valence-electron chi connectivity index (χ0n) is 10.3. The molecule has 1 fully saturated rings. The first kappa shape index (κ1) is 11.2. The Kier molecular flexibility index (Phi) is 2.93. The van der Waals surface area contributed by atoms with Crippen molar-refractivity contribution in [2.45, 2.75) is 19.4 Å².